The minimum Gasteiger partial charge on any atom is -0.324 e. The predicted octanol–water partition coefficient (Wildman–Crippen LogP) is -0.350. The second kappa shape index (κ2) is 4.03. The van der Waals surface area contributed by atoms with Crippen molar-refractivity contribution in [2.75, 3.05) is 0 Å². The van der Waals surface area contributed by atoms with Crippen LogP contribution in [0, 0.1) is 0 Å². The van der Waals surface area contributed by atoms with Gasteiger partial charge in [0.25, 0.3) is 5.56 Å². The second-order valence-corrected chi connectivity index (χ2v) is 1.58. The molecule has 10 heavy (non-hydrogen) atoms. The Hall–Kier alpha value is -0.870. The summed E-state index contributed by atoms with van der Waals surface area (Å²) in [5.74, 6) is 0.516. The maximum Gasteiger partial charge on any atom is 0.250 e. The lowest BCUT2D eigenvalue weighted by atomic mass is 10.5. The Morgan fingerprint density at radius 2 is 2.40 bits per heavy atom. The maximum atomic E-state index is 10.5. The van der Waals surface area contributed by atoms with Crippen LogP contribution in [0.3, 0.4) is 0 Å². The van der Waals surface area contributed by atoms with Crippen molar-refractivity contribution in [1.29, 1.82) is 0 Å². The molecular weight excluding hydrogens is 154 g/mol. The minimum atomic E-state index is -0.162. The summed E-state index contributed by atoms with van der Waals surface area (Å²) < 4.78 is 0. The van der Waals surface area contributed by atoms with Crippen LogP contribution in [0.5, 0.6) is 0 Å². The van der Waals surface area contributed by atoms with Crippen LogP contribution in [0.15, 0.2) is 17.1 Å². The molecule has 0 amide bonds. The fourth-order valence-corrected chi connectivity index (χ4v) is 0.515. The first kappa shape index (κ1) is 9.13. The molecule has 0 saturated carbocycles. The zero-order valence-electron chi connectivity index (χ0n) is 5.20. The van der Waals surface area contributed by atoms with Gasteiger partial charge in [-0.3, -0.25) is 4.79 Å². The van der Waals surface area contributed by atoms with Crippen molar-refractivity contribution in [3.05, 3.63) is 28.4 Å². The summed E-state index contributed by atoms with van der Waals surface area (Å²) in [6, 6.07) is 1.35. The van der Waals surface area contributed by atoms with Crippen molar-refractivity contribution in [2.45, 2.75) is 6.54 Å². The molecule has 5 heteroatoms. The largest absolute Gasteiger partial charge is 0.324 e. The summed E-state index contributed by atoms with van der Waals surface area (Å²) in [5.41, 5.74) is 5.02. The molecule has 0 bridgehead atoms. The third-order valence-corrected chi connectivity index (χ3v) is 0.917. The summed E-state index contributed by atoms with van der Waals surface area (Å²) >= 11 is 0. The highest BCUT2D eigenvalue weighted by molar-refractivity contribution is 5.85. The molecule has 0 aliphatic rings. The summed E-state index contributed by atoms with van der Waals surface area (Å²) in [5, 5.41) is 0. The third kappa shape index (κ3) is 2.16. The lowest BCUT2D eigenvalue weighted by Crippen LogP contribution is -2.11. The molecule has 0 fully saturated rings. The SMILES string of the molecule is Cl.NCc1nccc(=O)[nH]1. The van der Waals surface area contributed by atoms with E-state index in [0.717, 1.165) is 0 Å². The Morgan fingerprint density at radius 1 is 1.70 bits per heavy atom. The number of nitrogens with one attached hydrogen (secondary N) is 1. The van der Waals surface area contributed by atoms with Crippen molar-refractivity contribution in [1.82, 2.24) is 9.97 Å². The second-order valence-electron chi connectivity index (χ2n) is 1.58. The summed E-state index contributed by atoms with van der Waals surface area (Å²) in [6.45, 7) is 0.274. The fourth-order valence-electron chi connectivity index (χ4n) is 0.515. The molecule has 1 heterocycles. The summed E-state index contributed by atoms with van der Waals surface area (Å²) in [6.07, 6.45) is 1.43. The molecule has 0 aromatic carbocycles. The van der Waals surface area contributed by atoms with Gasteiger partial charge in [-0.25, -0.2) is 4.98 Å². The van der Waals surface area contributed by atoms with Gasteiger partial charge in [-0.2, -0.15) is 0 Å². The summed E-state index contributed by atoms with van der Waals surface area (Å²) in [4.78, 5) is 16.7. The zero-order chi connectivity index (χ0) is 6.69. The molecular formula is C5H8ClN3O. The zero-order valence-corrected chi connectivity index (χ0v) is 6.02. The van der Waals surface area contributed by atoms with Crippen molar-refractivity contribution < 1.29 is 0 Å². The molecule has 1 aromatic rings. The van der Waals surface area contributed by atoms with Crippen molar-refractivity contribution in [2.24, 2.45) is 5.73 Å². The minimum absolute atomic E-state index is 0. The van der Waals surface area contributed by atoms with Crippen LogP contribution < -0.4 is 11.3 Å². The number of hydrogen-bond acceptors (Lipinski definition) is 3. The van der Waals surface area contributed by atoms with Gasteiger partial charge in [0.15, 0.2) is 0 Å². The molecule has 4 nitrogen and oxygen atoms in total. The number of nitrogens with zero attached hydrogens (tertiary/aromatic N) is 1. The number of halogens is 1. The van der Waals surface area contributed by atoms with E-state index in [1.807, 2.05) is 0 Å². The van der Waals surface area contributed by atoms with Gasteiger partial charge >= 0.3 is 0 Å². The van der Waals surface area contributed by atoms with Gasteiger partial charge in [0.05, 0.1) is 6.54 Å². The van der Waals surface area contributed by atoms with E-state index in [1.165, 1.54) is 12.3 Å². The van der Waals surface area contributed by atoms with Crippen LogP contribution >= 0.6 is 12.4 Å². The van der Waals surface area contributed by atoms with E-state index in [0.29, 0.717) is 5.82 Å². The van der Waals surface area contributed by atoms with E-state index >= 15 is 0 Å². The van der Waals surface area contributed by atoms with Crippen LogP contribution in [-0.4, -0.2) is 9.97 Å². The molecule has 0 aliphatic heterocycles. The Balaban J connectivity index is 0.000000810. The standard InChI is InChI=1S/C5H7N3O.ClH/c6-3-4-7-2-1-5(9)8-4;/h1-2H,3,6H2,(H,7,8,9);1H. The van der Waals surface area contributed by atoms with Gasteiger partial charge in [0.1, 0.15) is 5.82 Å². The molecule has 0 aliphatic carbocycles. The van der Waals surface area contributed by atoms with Gasteiger partial charge in [-0.1, -0.05) is 0 Å². The lowest BCUT2D eigenvalue weighted by molar-refractivity contribution is 0.893. The third-order valence-electron chi connectivity index (χ3n) is 0.917. The first-order valence-corrected chi connectivity index (χ1v) is 2.57. The smallest absolute Gasteiger partial charge is 0.250 e. The molecule has 0 saturated heterocycles. The van der Waals surface area contributed by atoms with E-state index in [-0.39, 0.29) is 24.5 Å². The number of H-pyrrole nitrogens is 1. The Labute approximate surface area is 63.9 Å². The van der Waals surface area contributed by atoms with Crippen LogP contribution in [0.4, 0.5) is 0 Å². The number of hydrogen-bond donors (Lipinski definition) is 2. The maximum absolute atomic E-state index is 10.5. The van der Waals surface area contributed by atoms with Gasteiger partial charge in [0, 0.05) is 12.3 Å². The molecule has 0 spiro atoms. The monoisotopic (exact) mass is 161 g/mol. The van der Waals surface area contributed by atoms with E-state index in [4.69, 9.17) is 5.73 Å². The highest BCUT2D eigenvalue weighted by Gasteiger charge is 1.86. The van der Waals surface area contributed by atoms with Crippen LogP contribution in [-0.2, 0) is 6.54 Å². The molecule has 0 unspecified atom stereocenters. The molecule has 0 radical (unpaired) electrons. The molecule has 0 atom stereocenters. The van der Waals surface area contributed by atoms with E-state index in [1.54, 1.807) is 0 Å². The summed E-state index contributed by atoms with van der Waals surface area (Å²) in [7, 11) is 0. The number of aromatic nitrogens is 2. The van der Waals surface area contributed by atoms with E-state index < -0.39 is 0 Å². The van der Waals surface area contributed by atoms with Gasteiger partial charge in [-0.05, 0) is 0 Å². The lowest BCUT2D eigenvalue weighted by Gasteiger charge is -1.90. The number of rotatable bonds is 1. The van der Waals surface area contributed by atoms with Crippen LogP contribution in [0.2, 0.25) is 0 Å². The van der Waals surface area contributed by atoms with Crippen molar-refractivity contribution in [3.8, 4) is 0 Å². The van der Waals surface area contributed by atoms with Crippen LogP contribution in [0.1, 0.15) is 5.82 Å². The van der Waals surface area contributed by atoms with E-state index in [2.05, 4.69) is 9.97 Å². The number of aromatic amines is 1. The predicted molar refractivity (Wildman–Crippen MR) is 40.0 cm³/mol. The average molecular weight is 162 g/mol. The van der Waals surface area contributed by atoms with Crippen LogP contribution in [0.25, 0.3) is 0 Å². The number of nitrogens with two attached hydrogens (primary N) is 1. The normalized spacial score (nSPS) is 8.50. The van der Waals surface area contributed by atoms with Crippen molar-refractivity contribution >= 4 is 12.4 Å². The first-order chi connectivity index (χ1) is 4.33. The Bertz CT molecular complexity index is 247. The quantitative estimate of drug-likeness (QED) is 0.592. The Kier molecular flexibility index (Phi) is 3.68. The molecule has 3 N–H and O–H groups in total. The molecule has 1 rings (SSSR count). The van der Waals surface area contributed by atoms with Gasteiger partial charge in [-0.15, -0.1) is 12.4 Å². The van der Waals surface area contributed by atoms with Gasteiger partial charge < -0.3 is 10.7 Å². The highest BCUT2D eigenvalue weighted by Crippen LogP contribution is 1.76. The topological polar surface area (TPSA) is 71.8 Å². The van der Waals surface area contributed by atoms with E-state index in [9.17, 15) is 4.79 Å². The first-order valence-electron chi connectivity index (χ1n) is 2.57. The van der Waals surface area contributed by atoms with Crippen molar-refractivity contribution in [3.63, 3.8) is 0 Å². The van der Waals surface area contributed by atoms with Gasteiger partial charge in [0.2, 0.25) is 0 Å². The average Bonchev–Trinajstić information content (AvgIpc) is 1.88. The molecule has 1 aromatic heterocycles. The fraction of sp³-hybridized carbons (Fsp3) is 0.200. The Morgan fingerprint density at radius 3 is 2.80 bits per heavy atom. The molecule has 56 valence electrons. The highest BCUT2D eigenvalue weighted by atomic mass is 35.5.